The molecule has 0 heterocycles. The van der Waals surface area contributed by atoms with E-state index in [1.165, 1.54) is 6.92 Å². The normalized spacial score (nSPS) is 10.3. The van der Waals surface area contributed by atoms with Gasteiger partial charge in [0.1, 0.15) is 0 Å². The van der Waals surface area contributed by atoms with Gasteiger partial charge in [0.15, 0.2) is 0 Å². The first-order chi connectivity index (χ1) is 11.0. The van der Waals surface area contributed by atoms with Crippen LogP contribution in [0.25, 0.3) is 6.08 Å². The van der Waals surface area contributed by atoms with Gasteiger partial charge in [0.2, 0.25) is 5.91 Å². The first-order valence-electron chi connectivity index (χ1n) is 6.90. The minimum absolute atomic E-state index is 0.137. The lowest BCUT2D eigenvalue weighted by Crippen LogP contribution is -2.23. The Morgan fingerprint density at radius 3 is 2.04 bits per heavy atom. The number of anilines is 2. The predicted molar refractivity (Wildman–Crippen MR) is 96.1 cm³/mol. The van der Waals surface area contributed by atoms with Gasteiger partial charge in [-0.2, -0.15) is 0 Å². The average molecular weight is 374 g/mol. The molecule has 0 radical (unpaired) electrons. The lowest BCUT2D eigenvalue weighted by molar-refractivity contribution is -0.114. The van der Waals surface area contributed by atoms with Gasteiger partial charge in [-0.25, -0.2) is 4.79 Å². The fourth-order valence-electron chi connectivity index (χ4n) is 1.79. The highest BCUT2D eigenvalue weighted by molar-refractivity contribution is 9.10. The first kappa shape index (κ1) is 16.8. The minimum atomic E-state index is -0.342. The highest BCUT2D eigenvalue weighted by Crippen LogP contribution is 2.13. The Bertz CT molecular complexity index is 710. The zero-order chi connectivity index (χ0) is 16.7. The fraction of sp³-hybridized carbons (Fsp3) is 0.0588. The first-order valence-corrected chi connectivity index (χ1v) is 7.69. The van der Waals surface area contributed by atoms with E-state index in [0.29, 0.717) is 11.4 Å². The van der Waals surface area contributed by atoms with E-state index in [0.717, 1.165) is 10.0 Å². The summed E-state index contributed by atoms with van der Waals surface area (Å²) in [6.07, 6.45) is 3.37. The van der Waals surface area contributed by atoms with E-state index >= 15 is 0 Å². The molecular formula is C17H16BrN3O2. The number of urea groups is 1. The second-order valence-corrected chi connectivity index (χ2v) is 5.66. The Morgan fingerprint density at radius 2 is 1.48 bits per heavy atom. The third-order valence-corrected chi connectivity index (χ3v) is 3.35. The van der Waals surface area contributed by atoms with Crippen LogP contribution < -0.4 is 16.0 Å². The summed E-state index contributed by atoms with van der Waals surface area (Å²) in [4.78, 5) is 22.7. The van der Waals surface area contributed by atoms with Crippen LogP contribution in [0, 0.1) is 0 Å². The van der Waals surface area contributed by atoms with Crippen molar-refractivity contribution < 1.29 is 9.59 Å². The quantitative estimate of drug-likeness (QED) is 0.751. The van der Waals surface area contributed by atoms with Crippen LogP contribution in [0.4, 0.5) is 16.2 Å². The van der Waals surface area contributed by atoms with Gasteiger partial charge in [-0.15, -0.1) is 0 Å². The number of carbonyl (C=O) groups is 2. The van der Waals surface area contributed by atoms with Crippen molar-refractivity contribution in [3.8, 4) is 0 Å². The van der Waals surface area contributed by atoms with Gasteiger partial charge in [0, 0.05) is 29.0 Å². The topological polar surface area (TPSA) is 70.2 Å². The molecule has 0 aliphatic heterocycles. The molecule has 23 heavy (non-hydrogen) atoms. The van der Waals surface area contributed by atoms with Crippen LogP contribution in [0.5, 0.6) is 0 Å². The smallest absolute Gasteiger partial charge is 0.323 e. The Hall–Kier alpha value is -2.60. The largest absolute Gasteiger partial charge is 0.326 e. The molecule has 0 spiro atoms. The molecule has 3 amide bonds. The Morgan fingerprint density at radius 1 is 0.913 bits per heavy atom. The number of benzene rings is 2. The van der Waals surface area contributed by atoms with E-state index in [4.69, 9.17) is 0 Å². The highest BCUT2D eigenvalue weighted by atomic mass is 79.9. The van der Waals surface area contributed by atoms with Crippen LogP contribution in [0.3, 0.4) is 0 Å². The molecule has 0 aliphatic rings. The Balaban J connectivity index is 1.84. The van der Waals surface area contributed by atoms with E-state index in [2.05, 4.69) is 31.9 Å². The van der Waals surface area contributed by atoms with Crippen LogP contribution >= 0.6 is 15.9 Å². The van der Waals surface area contributed by atoms with Crippen molar-refractivity contribution in [2.75, 3.05) is 10.6 Å². The molecule has 3 N–H and O–H groups in total. The van der Waals surface area contributed by atoms with Crippen LogP contribution in [-0.2, 0) is 4.79 Å². The molecule has 0 saturated carbocycles. The van der Waals surface area contributed by atoms with Crippen molar-refractivity contribution in [3.63, 3.8) is 0 Å². The molecule has 2 rings (SSSR count). The van der Waals surface area contributed by atoms with Gasteiger partial charge in [-0.3, -0.25) is 4.79 Å². The van der Waals surface area contributed by atoms with E-state index in [1.807, 2.05) is 24.3 Å². The van der Waals surface area contributed by atoms with Crippen molar-refractivity contribution in [1.82, 2.24) is 5.32 Å². The van der Waals surface area contributed by atoms with Gasteiger partial charge in [0.05, 0.1) is 0 Å². The van der Waals surface area contributed by atoms with E-state index in [1.54, 1.807) is 36.5 Å². The summed E-state index contributed by atoms with van der Waals surface area (Å²) in [5.41, 5.74) is 2.29. The van der Waals surface area contributed by atoms with Gasteiger partial charge < -0.3 is 16.0 Å². The zero-order valence-electron chi connectivity index (χ0n) is 12.5. The molecule has 0 atom stereocenters. The van der Waals surface area contributed by atoms with Crippen LogP contribution in [0.1, 0.15) is 12.5 Å². The number of hydrogen-bond acceptors (Lipinski definition) is 2. The zero-order valence-corrected chi connectivity index (χ0v) is 14.1. The third-order valence-electron chi connectivity index (χ3n) is 2.82. The third kappa shape index (κ3) is 5.96. The van der Waals surface area contributed by atoms with Crippen molar-refractivity contribution in [2.45, 2.75) is 6.92 Å². The molecule has 0 aromatic heterocycles. The number of amides is 3. The van der Waals surface area contributed by atoms with Gasteiger partial charge in [-0.1, -0.05) is 28.1 Å². The second-order valence-electron chi connectivity index (χ2n) is 4.74. The lowest BCUT2D eigenvalue weighted by Gasteiger charge is -2.06. The maximum atomic E-state index is 11.8. The molecule has 118 valence electrons. The summed E-state index contributed by atoms with van der Waals surface area (Å²) in [7, 11) is 0. The lowest BCUT2D eigenvalue weighted by atomic mass is 10.2. The minimum Gasteiger partial charge on any atom is -0.326 e. The summed E-state index contributed by atoms with van der Waals surface area (Å²) in [5.74, 6) is -0.137. The molecule has 6 heteroatoms. The molecule has 0 unspecified atom stereocenters. The number of halogens is 1. The molecule has 0 saturated heterocycles. The molecule has 0 fully saturated rings. The molecule has 0 bridgehead atoms. The fourth-order valence-corrected chi connectivity index (χ4v) is 2.06. The summed E-state index contributed by atoms with van der Waals surface area (Å²) in [6.45, 7) is 1.44. The number of nitrogens with one attached hydrogen (secondary N) is 3. The summed E-state index contributed by atoms with van der Waals surface area (Å²) < 4.78 is 1.00. The molecule has 2 aromatic carbocycles. The van der Waals surface area contributed by atoms with Crippen LogP contribution in [0.2, 0.25) is 0 Å². The summed E-state index contributed by atoms with van der Waals surface area (Å²) in [5, 5.41) is 7.99. The number of carbonyl (C=O) groups excluding carboxylic acids is 2. The maximum absolute atomic E-state index is 11.8. The molecule has 0 aliphatic carbocycles. The monoisotopic (exact) mass is 373 g/mol. The van der Waals surface area contributed by atoms with Crippen molar-refractivity contribution in [3.05, 3.63) is 64.8 Å². The van der Waals surface area contributed by atoms with Crippen molar-refractivity contribution >= 4 is 45.3 Å². The van der Waals surface area contributed by atoms with Gasteiger partial charge in [0.25, 0.3) is 0 Å². The standard InChI is InChI=1S/C17H16BrN3O2/c1-12(22)20-15-6-8-16(9-7-15)21-17(23)19-11-10-13-2-4-14(18)5-3-13/h2-11H,1H3,(H,20,22)(H2,19,21,23)/b11-10+. The van der Waals surface area contributed by atoms with E-state index < -0.39 is 0 Å². The predicted octanol–water partition coefficient (Wildman–Crippen LogP) is 4.20. The molecule has 5 nitrogen and oxygen atoms in total. The highest BCUT2D eigenvalue weighted by Gasteiger charge is 2.00. The van der Waals surface area contributed by atoms with Crippen LogP contribution in [0.15, 0.2) is 59.2 Å². The average Bonchev–Trinajstić information content (AvgIpc) is 2.51. The molecule has 2 aromatic rings. The van der Waals surface area contributed by atoms with E-state index in [-0.39, 0.29) is 11.9 Å². The summed E-state index contributed by atoms with van der Waals surface area (Å²) >= 11 is 3.37. The molecular weight excluding hydrogens is 358 g/mol. The SMILES string of the molecule is CC(=O)Nc1ccc(NC(=O)N/C=C/c2ccc(Br)cc2)cc1. The second kappa shape index (κ2) is 8.14. The van der Waals surface area contributed by atoms with E-state index in [9.17, 15) is 9.59 Å². The maximum Gasteiger partial charge on any atom is 0.323 e. The van der Waals surface area contributed by atoms with Crippen molar-refractivity contribution in [2.24, 2.45) is 0 Å². The Labute approximate surface area is 142 Å². The van der Waals surface area contributed by atoms with Crippen molar-refractivity contribution in [1.29, 1.82) is 0 Å². The number of hydrogen-bond donors (Lipinski definition) is 3. The Kier molecular flexibility index (Phi) is 5.94. The van der Waals surface area contributed by atoms with Crippen LogP contribution in [-0.4, -0.2) is 11.9 Å². The summed E-state index contributed by atoms with van der Waals surface area (Å²) in [6, 6.07) is 14.2. The van der Waals surface area contributed by atoms with Gasteiger partial charge >= 0.3 is 6.03 Å². The number of rotatable bonds is 4. The van der Waals surface area contributed by atoms with Gasteiger partial charge in [-0.05, 0) is 48.0 Å².